The predicted octanol–water partition coefficient (Wildman–Crippen LogP) is 3.66. The Balaban J connectivity index is 1.87. The number of amides is 1. The Morgan fingerprint density at radius 3 is 2.74 bits per heavy atom. The van der Waals surface area contributed by atoms with E-state index >= 15 is 0 Å². The zero-order valence-electron chi connectivity index (χ0n) is 11.1. The molecule has 2 rings (SSSR count). The molecule has 106 valence electrons. The van der Waals surface area contributed by atoms with Gasteiger partial charge in [0, 0.05) is 4.88 Å². The van der Waals surface area contributed by atoms with Gasteiger partial charge in [-0.1, -0.05) is 30.9 Å². The van der Waals surface area contributed by atoms with Gasteiger partial charge in [-0.25, -0.2) is 0 Å². The summed E-state index contributed by atoms with van der Waals surface area (Å²) in [5.41, 5.74) is -0.796. The van der Waals surface area contributed by atoms with Crippen LogP contribution in [0, 0.1) is 0 Å². The van der Waals surface area contributed by atoms with Crippen LogP contribution in [0.15, 0.2) is 12.1 Å². The van der Waals surface area contributed by atoms with Crippen LogP contribution in [0.1, 0.15) is 56.4 Å². The van der Waals surface area contributed by atoms with Crippen molar-refractivity contribution in [1.82, 2.24) is 5.32 Å². The molecule has 0 bridgehead atoms. The zero-order chi connectivity index (χ0) is 13.9. The van der Waals surface area contributed by atoms with Gasteiger partial charge in [0.05, 0.1) is 22.4 Å². The number of halogens is 1. The predicted molar refractivity (Wildman–Crippen MR) is 78.5 cm³/mol. The molecule has 1 unspecified atom stereocenters. The van der Waals surface area contributed by atoms with E-state index in [1.54, 1.807) is 0 Å². The van der Waals surface area contributed by atoms with Crippen LogP contribution in [0.5, 0.6) is 0 Å². The summed E-state index contributed by atoms with van der Waals surface area (Å²) in [4.78, 5) is 13.0. The molecular weight excluding hydrogens is 282 g/mol. The lowest BCUT2D eigenvalue weighted by molar-refractivity contribution is -0.128. The number of hydrogen-bond donors (Lipinski definition) is 2. The van der Waals surface area contributed by atoms with E-state index < -0.39 is 5.60 Å². The van der Waals surface area contributed by atoms with Crippen LogP contribution >= 0.6 is 22.9 Å². The molecule has 0 saturated heterocycles. The Bertz CT molecular complexity index is 440. The standard InChI is InChI=1S/C14H20ClNO2S/c1-10(11-5-6-12(15)19-11)16-13(17)9-14(18)7-3-2-4-8-14/h5-6,10,18H,2-4,7-9H2,1H3,(H,16,17). The van der Waals surface area contributed by atoms with Crippen molar-refractivity contribution in [3.8, 4) is 0 Å². The van der Waals surface area contributed by atoms with E-state index in [4.69, 9.17) is 11.6 Å². The van der Waals surface area contributed by atoms with Crippen LogP contribution in [0.4, 0.5) is 0 Å². The number of rotatable bonds is 4. The molecule has 0 aliphatic heterocycles. The highest BCUT2D eigenvalue weighted by Crippen LogP contribution is 2.31. The molecule has 0 spiro atoms. The summed E-state index contributed by atoms with van der Waals surface area (Å²) in [7, 11) is 0. The Labute approximate surface area is 123 Å². The van der Waals surface area contributed by atoms with Gasteiger partial charge in [0.2, 0.25) is 5.91 Å². The van der Waals surface area contributed by atoms with Crippen LogP contribution in [0.2, 0.25) is 4.34 Å². The Hall–Kier alpha value is -0.580. The maximum atomic E-state index is 12.0. The SMILES string of the molecule is CC(NC(=O)CC1(O)CCCCC1)c1ccc(Cl)s1. The first kappa shape index (κ1) is 14.8. The number of hydrogen-bond acceptors (Lipinski definition) is 3. The molecule has 1 atom stereocenters. The van der Waals surface area contributed by atoms with Gasteiger partial charge in [0.25, 0.3) is 0 Å². The van der Waals surface area contributed by atoms with E-state index in [0.29, 0.717) is 0 Å². The lowest BCUT2D eigenvalue weighted by Gasteiger charge is -2.31. The van der Waals surface area contributed by atoms with Crippen molar-refractivity contribution in [3.63, 3.8) is 0 Å². The van der Waals surface area contributed by atoms with E-state index in [1.807, 2.05) is 19.1 Å². The highest BCUT2D eigenvalue weighted by Gasteiger charge is 2.32. The molecule has 1 aromatic heterocycles. The first-order valence-electron chi connectivity index (χ1n) is 6.75. The highest BCUT2D eigenvalue weighted by atomic mass is 35.5. The number of nitrogens with one attached hydrogen (secondary N) is 1. The van der Waals surface area contributed by atoms with Crippen LogP contribution in [-0.2, 0) is 4.79 Å². The second-order valence-corrected chi connectivity index (χ2v) is 7.14. The molecular formula is C14H20ClNO2S. The summed E-state index contributed by atoms with van der Waals surface area (Å²) < 4.78 is 0.724. The highest BCUT2D eigenvalue weighted by molar-refractivity contribution is 7.16. The van der Waals surface area contributed by atoms with Crippen LogP contribution < -0.4 is 5.32 Å². The first-order valence-corrected chi connectivity index (χ1v) is 7.95. The van der Waals surface area contributed by atoms with Gasteiger partial charge in [0.15, 0.2) is 0 Å². The molecule has 1 saturated carbocycles. The average Bonchev–Trinajstić information content (AvgIpc) is 2.76. The van der Waals surface area contributed by atoms with Crippen molar-refractivity contribution >= 4 is 28.8 Å². The van der Waals surface area contributed by atoms with Crippen molar-refractivity contribution in [2.75, 3.05) is 0 Å². The summed E-state index contributed by atoms with van der Waals surface area (Å²) >= 11 is 7.36. The molecule has 1 aliphatic rings. The molecule has 2 N–H and O–H groups in total. The van der Waals surface area contributed by atoms with Crippen molar-refractivity contribution in [2.24, 2.45) is 0 Å². The monoisotopic (exact) mass is 301 g/mol. The summed E-state index contributed by atoms with van der Waals surface area (Å²) in [5, 5.41) is 13.3. The molecule has 1 aromatic rings. The molecule has 1 aliphatic carbocycles. The molecule has 1 heterocycles. The minimum absolute atomic E-state index is 0.0582. The molecule has 1 amide bonds. The van der Waals surface area contributed by atoms with Crippen molar-refractivity contribution < 1.29 is 9.90 Å². The summed E-state index contributed by atoms with van der Waals surface area (Å²) in [5.74, 6) is -0.0820. The van der Waals surface area contributed by atoms with Gasteiger partial charge in [-0.3, -0.25) is 4.79 Å². The fraction of sp³-hybridized carbons (Fsp3) is 0.643. The van der Waals surface area contributed by atoms with Gasteiger partial charge >= 0.3 is 0 Å². The third kappa shape index (κ3) is 4.20. The Morgan fingerprint density at radius 1 is 1.47 bits per heavy atom. The molecule has 19 heavy (non-hydrogen) atoms. The van der Waals surface area contributed by atoms with Crippen molar-refractivity contribution in [3.05, 3.63) is 21.3 Å². The minimum Gasteiger partial charge on any atom is -0.389 e. The van der Waals surface area contributed by atoms with Gasteiger partial charge in [-0.05, 0) is 31.9 Å². The van der Waals surface area contributed by atoms with Crippen molar-refractivity contribution in [1.29, 1.82) is 0 Å². The third-order valence-corrected chi connectivity index (χ3v) is 5.09. The molecule has 0 radical (unpaired) electrons. The number of carbonyl (C=O) groups is 1. The van der Waals surface area contributed by atoms with E-state index in [-0.39, 0.29) is 18.4 Å². The molecule has 5 heteroatoms. The van der Waals surface area contributed by atoms with Gasteiger partial charge in [0.1, 0.15) is 0 Å². The number of carbonyl (C=O) groups excluding carboxylic acids is 1. The Kier molecular flexibility index (Phi) is 4.87. The lowest BCUT2D eigenvalue weighted by Crippen LogP contribution is -2.39. The smallest absolute Gasteiger partial charge is 0.223 e. The van der Waals surface area contributed by atoms with E-state index in [9.17, 15) is 9.90 Å². The average molecular weight is 302 g/mol. The maximum absolute atomic E-state index is 12.0. The largest absolute Gasteiger partial charge is 0.389 e. The van der Waals surface area contributed by atoms with E-state index in [0.717, 1.165) is 41.3 Å². The van der Waals surface area contributed by atoms with Crippen LogP contribution in [0.3, 0.4) is 0 Å². The topological polar surface area (TPSA) is 49.3 Å². The maximum Gasteiger partial charge on any atom is 0.223 e. The number of thiophene rings is 1. The second kappa shape index (κ2) is 6.25. The van der Waals surface area contributed by atoms with Crippen LogP contribution in [-0.4, -0.2) is 16.6 Å². The molecule has 0 aromatic carbocycles. The number of aliphatic hydroxyl groups is 1. The minimum atomic E-state index is -0.796. The molecule has 1 fully saturated rings. The quantitative estimate of drug-likeness (QED) is 0.891. The first-order chi connectivity index (χ1) is 8.98. The van der Waals surface area contributed by atoms with E-state index in [2.05, 4.69) is 5.32 Å². The van der Waals surface area contributed by atoms with Gasteiger partial charge < -0.3 is 10.4 Å². The summed E-state index contributed by atoms with van der Waals surface area (Å²) in [6, 6.07) is 3.70. The lowest BCUT2D eigenvalue weighted by atomic mass is 9.82. The zero-order valence-corrected chi connectivity index (χ0v) is 12.7. The fourth-order valence-electron chi connectivity index (χ4n) is 2.61. The third-order valence-electron chi connectivity index (χ3n) is 3.67. The second-order valence-electron chi connectivity index (χ2n) is 5.39. The Morgan fingerprint density at radius 2 is 2.16 bits per heavy atom. The summed E-state index contributed by atoms with van der Waals surface area (Å²) in [6.07, 6.45) is 4.86. The van der Waals surface area contributed by atoms with Crippen LogP contribution in [0.25, 0.3) is 0 Å². The molecule has 3 nitrogen and oxygen atoms in total. The summed E-state index contributed by atoms with van der Waals surface area (Å²) in [6.45, 7) is 1.94. The fourth-order valence-corrected chi connectivity index (χ4v) is 3.67. The van der Waals surface area contributed by atoms with Gasteiger partial charge in [-0.2, -0.15) is 0 Å². The van der Waals surface area contributed by atoms with Gasteiger partial charge in [-0.15, -0.1) is 11.3 Å². The normalized spacial score (nSPS) is 19.9. The van der Waals surface area contributed by atoms with Crippen molar-refractivity contribution in [2.45, 2.75) is 57.1 Å². The van der Waals surface area contributed by atoms with E-state index in [1.165, 1.54) is 11.3 Å².